The molecule has 0 spiro atoms. The van der Waals surface area contributed by atoms with Crippen molar-refractivity contribution in [2.45, 2.75) is 59.3 Å². The quantitative estimate of drug-likeness (QED) is 0.774. The van der Waals surface area contributed by atoms with Gasteiger partial charge in [-0.05, 0) is 23.5 Å². The second-order valence-electron chi connectivity index (χ2n) is 6.32. The van der Waals surface area contributed by atoms with Crippen LogP contribution in [0.15, 0.2) is 12.1 Å². The molecule has 0 unspecified atom stereocenters. The number of hydrogen-bond acceptors (Lipinski definition) is 2. The molecular formula is C17H23FN2. The van der Waals surface area contributed by atoms with Crippen molar-refractivity contribution in [2.24, 2.45) is 0 Å². The van der Waals surface area contributed by atoms with Gasteiger partial charge in [-0.25, -0.2) is 14.4 Å². The Labute approximate surface area is 120 Å². The molecule has 108 valence electrons. The summed E-state index contributed by atoms with van der Waals surface area (Å²) in [5.74, 6) is 1.31. The van der Waals surface area contributed by atoms with Gasteiger partial charge in [-0.2, -0.15) is 0 Å². The molecule has 0 saturated heterocycles. The van der Waals surface area contributed by atoms with Crippen LogP contribution in [0.1, 0.15) is 76.4 Å². The van der Waals surface area contributed by atoms with E-state index in [2.05, 4.69) is 32.7 Å². The maximum Gasteiger partial charge on any atom is 0.131 e. The molecular weight excluding hydrogens is 251 g/mol. The Morgan fingerprint density at radius 1 is 0.850 bits per heavy atom. The summed E-state index contributed by atoms with van der Waals surface area (Å²) >= 11 is 0. The summed E-state index contributed by atoms with van der Waals surface area (Å²) < 4.78 is 14.2. The Bertz CT molecular complexity index is 630. The number of nitrogens with zero attached hydrogens (tertiary/aromatic N) is 2. The summed E-state index contributed by atoms with van der Waals surface area (Å²) in [6.45, 7) is 12.4. The van der Waals surface area contributed by atoms with E-state index in [-0.39, 0.29) is 17.7 Å². The molecule has 0 N–H and O–H groups in total. The average Bonchev–Trinajstić information content (AvgIpc) is 2.35. The first-order valence-electron chi connectivity index (χ1n) is 7.32. The van der Waals surface area contributed by atoms with Gasteiger partial charge in [-0.1, -0.05) is 41.5 Å². The van der Waals surface area contributed by atoms with Crippen LogP contribution in [0.5, 0.6) is 0 Å². The zero-order valence-electron chi connectivity index (χ0n) is 13.2. The summed E-state index contributed by atoms with van der Waals surface area (Å²) in [5, 5.41) is 0.981. The highest BCUT2D eigenvalue weighted by molar-refractivity contribution is 5.82. The minimum Gasteiger partial charge on any atom is -0.237 e. The Balaban J connectivity index is 2.80. The van der Waals surface area contributed by atoms with Crippen molar-refractivity contribution in [3.05, 3.63) is 35.0 Å². The van der Waals surface area contributed by atoms with Crippen LogP contribution in [0.4, 0.5) is 4.39 Å². The number of rotatable bonds is 3. The number of aromatic nitrogens is 2. The summed E-state index contributed by atoms with van der Waals surface area (Å²) in [5.41, 5.74) is 2.47. The normalized spacial score (nSPS) is 12.1. The van der Waals surface area contributed by atoms with Gasteiger partial charge in [0, 0.05) is 17.4 Å². The minimum atomic E-state index is -0.171. The van der Waals surface area contributed by atoms with Crippen LogP contribution in [0.2, 0.25) is 0 Å². The van der Waals surface area contributed by atoms with Crippen LogP contribution >= 0.6 is 0 Å². The van der Waals surface area contributed by atoms with Gasteiger partial charge in [0.25, 0.3) is 0 Å². The third kappa shape index (κ3) is 2.67. The molecule has 0 aliphatic carbocycles. The second kappa shape index (κ2) is 5.47. The van der Waals surface area contributed by atoms with E-state index in [4.69, 9.17) is 4.98 Å². The van der Waals surface area contributed by atoms with Crippen LogP contribution in [-0.4, -0.2) is 9.97 Å². The first-order chi connectivity index (χ1) is 9.31. The monoisotopic (exact) mass is 274 g/mol. The summed E-state index contributed by atoms with van der Waals surface area (Å²) in [6, 6.07) is 3.49. The lowest BCUT2D eigenvalue weighted by Crippen LogP contribution is -2.06. The van der Waals surface area contributed by atoms with Crippen LogP contribution in [0.25, 0.3) is 10.9 Å². The van der Waals surface area contributed by atoms with Gasteiger partial charge in [-0.3, -0.25) is 0 Å². The molecule has 0 fully saturated rings. The van der Waals surface area contributed by atoms with E-state index < -0.39 is 0 Å². The molecule has 0 saturated carbocycles. The van der Waals surface area contributed by atoms with Crippen LogP contribution < -0.4 is 0 Å². The zero-order valence-corrected chi connectivity index (χ0v) is 13.2. The van der Waals surface area contributed by atoms with Gasteiger partial charge in [-0.15, -0.1) is 0 Å². The van der Waals surface area contributed by atoms with E-state index in [0.717, 1.165) is 22.5 Å². The van der Waals surface area contributed by atoms with E-state index >= 15 is 0 Å². The molecule has 0 aliphatic rings. The molecule has 0 aliphatic heterocycles. The van der Waals surface area contributed by atoms with Gasteiger partial charge >= 0.3 is 0 Å². The topological polar surface area (TPSA) is 25.8 Å². The molecule has 2 nitrogen and oxygen atoms in total. The van der Waals surface area contributed by atoms with Crippen molar-refractivity contribution in [3.63, 3.8) is 0 Å². The van der Waals surface area contributed by atoms with Crippen LogP contribution in [0.3, 0.4) is 0 Å². The van der Waals surface area contributed by atoms with Crippen molar-refractivity contribution in [3.8, 4) is 0 Å². The second-order valence-corrected chi connectivity index (χ2v) is 6.32. The zero-order chi connectivity index (χ0) is 15.0. The molecule has 2 aromatic rings. The molecule has 2 rings (SSSR count). The van der Waals surface area contributed by atoms with E-state index in [1.807, 2.05) is 19.9 Å². The molecule has 20 heavy (non-hydrogen) atoms. The lowest BCUT2D eigenvalue weighted by Gasteiger charge is -2.15. The third-order valence-corrected chi connectivity index (χ3v) is 3.55. The van der Waals surface area contributed by atoms with Gasteiger partial charge in [0.2, 0.25) is 0 Å². The fraction of sp³-hybridized carbons (Fsp3) is 0.529. The maximum absolute atomic E-state index is 14.2. The molecule has 0 bridgehead atoms. The van der Waals surface area contributed by atoms with Crippen molar-refractivity contribution < 1.29 is 4.39 Å². The Morgan fingerprint density at radius 3 is 2.00 bits per heavy atom. The molecule has 1 aromatic carbocycles. The molecule has 0 atom stereocenters. The third-order valence-electron chi connectivity index (χ3n) is 3.55. The van der Waals surface area contributed by atoms with Crippen molar-refractivity contribution >= 4 is 10.9 Å². The summed E-state index contributed by atoms with van der Waals surface area (Å²) in [4.78, 5) is 9.22. The maximum atomic E-state index is 14.2. The highest BCUT2D eigenvalue weighted by Gasteiger charge is 2.16. The summed E-state index contributed by atoms with van der Waals surface area (Å²) in [6.07, 6.45) is 0. The SMILES string of the molecule is CC(C)c1nc(C(C)C)c2cc(C(C)C)c(F)cc2n1. The molecule has 1 aromatic heterocycles. The number of fused-ring (bicyclic) bond motifs is 1. The fourth-order valence-electron chi connectivity index (χ4n) is 2.35. The van der Waals surface area contributed by atoms with E-state index in [9.17, 15) is 4.39 Å². The van der Waals surface area contributed by atoms with Gasteiger partial charge in [0.05, 0.1) is 11.2 Å². The van der Waals surface area contributed by atoms with Crippen molar-refractivity contribution in [1.82, 2.24) is 9.97 Å². The van der Waals surface area contributed by atoms with Gasteiger partial charge in [0.15, 0.2) is 0 Å². The van der Waals surface area contributed by atoms with E-state index in [1.165, 1.54) is 0 Å². The highest BCUT2D eigenvalue weighted by Crippen LogP contribution is 2.29. The Kier molecular flexibility index (Phi) is 4.07. The highest BCUT2D eigenvalue weighted by atomic mass is 19.1. The largest absolute Gasteiger partial charge is 0.237 e. The van der Waals surface area contributed by atoms with Gasteiger partial charge < -0.3 is 0 Å². The van der Waals surface area contributed by atoms with Crippen LogP contribution in [-0.2, 0) is 0 Å². The minimum absolute atomic E-state index is 0.157. The molecule has 3 heteroatoms. The van der Waals surface area contributed by atoms with Crippen LogP contribution in [0, 0.1) is 5.82 Å². The van der Waals surface area contributed by atoms with E-state index in [1.54, 1.807) is 6.07 Å². The molecule has 1 heterocycles. The lowest BCUT2D eigenvalue weighted by molar-refractivity contribution is 0.599. The fourth-order valence-corrected chi connectivity index (χ4v) is 2.35. The lowest BCUT2D eigenvalue weighted by atomic mass is 9.96. The predicted octanol–water partition coefficient (Wildman–Crippen LogP) is 5.14. The molecule has 0 amide bonds. The number of halogens is 1. The first-order valence-corrected chi connectivity index (χ1v) is 7.32. The number of hydrogen-bond donors (Lipinski definition) is 0. The average molecular weight is 274 g/mol. The standard InChI is InChI=1S/C17H23FN2/c1-9(2)12-7-13-15(8-14(12)18)19-17(11(5)6)20-16(13)10(3)4/h7-11H,1-6H3. The van der Waals surface area contributed by atoms with E-state index in [0.29, 0.717) is 11.4 Å². The Hall–Kier alpha value is -1.51. The number of benzene rings is 1. The predicted molar refractivity (Wildman–Crippen MR) is 81.8 cm³/mol. The van der Waals surface area contributed by atoms with Crippen molar-refractivity contribution in [2.75, 3.05) is 0 Å². The van der Waals surface area contributed by atoms with Gasteiger partial charge in [0.1, 0.15) is 11.6 Å². The summed E-state index contributed by atoms with van der Waals surface area (Å²) in [7, 11) is 0. The van der Waals surface area contributed by atoms with Crippen molar-refractivity contribution in [1.29, 1.82) is 0 Å². The molecule has 0 radical (unpaired) electrons. The first kappa shape index (κ1) is 14.9. The Morgan fingerprint density at radius 2 is 1.50 bits per heavy atom. The smallest absolute Gasteiger partial charge is 0.131 e.